The number of benzene rings is 2. The van der Waals surface area contributed by atoms with E-state index in [1.54, 1.807) is 25.1 Å². The van der Waals surface area contributed by atoms with Crippen LogP contribution in [0.1, 0.15) is 21.5 Å². The van der Waals surface area contributed by atoms with Crippen molar-refractivity contribution >= 4 is 23.2 Å². The molecule has 0 radical (unpaired) electrons. The summed E-state index contributed by atoms with van der Waals surface area (Å²) < 4.78 is 10.5. The third kappa shape index (κ3) is 3.74. The van der Waals surface area contributed by atoms with Crippen LogP contribution in [0.25, 0.3) is 0 Å². The minimum Gasteiger partial charge on any atom is -0.496 e. The van der Waals surface area contributed by atoms with Crippen molar-refractivity contribution in [3.63, 3.8) is 0 Å². The maximum Gasteiger partial charge on any atom is 0.257 e. The van der Waals surface area contributed by atoms with Crippen LogP contribution in [-0.4, -0.2) is 32.1 Å². The van der Waals surface area contributed by atoms with Crippen LogP contribution in [0, 0.1) is 6.92 Å². The van der Waals surface area contributed by atoms with Crippen molar-refractivity contribution in [2.75, 3.05) is 27.0 Å². The van der Waals surface area contributed by atoms with Gasteiger partial charge in [-0.25, -0.2) is 0 Å². The molecule has 6 heteroatoms. The molecule has 2 aromatic rings. The van der Waals surface area contributed by atoms with Gasteiger partial charge in [0.2, 0.25) is 0 Å². The van der Waals surface area contributed by atoms with Crippen molar-refractivity contribution in [1.82, 2.24) is 4.90 Å². The van der Waals surface area contributed by atoms with Crippen molar-refractivity contribution in [1.29, 1.82) is 0 Å². The first kappa shape index (κ1) is 17.9. The first-order chi connectivity index (χ1) is 11.4. The maximum absolute atomic E-state index is 12.7. The summed E-state index contributed by atoms with van der Waals surface area (Å²) >= 11 is 6.04. The number of ether oxygens (including phenoxy) is 2. The smallest absolute Gasteiger partial charge is 0.257 e. The third-order valence-corrected chi connectivity index (χ3v) is 4.10. The summed E-state index contributed by atoms with van der Waals surface area (Å²) in [4.78, 5) is 14.3. The Hall–Kier alpha value is -2.40. The van der Waals surface area contributed by atoms with E-state index in [0.29, 0.717) is 28.6 Å². The minimum atomic E-state index is -0.192. The standard InChI is InChI=1S/C18H21ClN2O3/c1-11-7-12(5-6-16(11)23-3)10-21(2)18(22)13-8-14(19)15(20)9-17(13)24-4/h5-9H,10,20H2,1-4H3. The Morgan fingerprint density at radius 1 is 1.17 bits per heavy atom. The van der Waals surface area contributed by atoms with Crippen LogP contribution in [0.4, 0.5) is 5.69 Å². The van der Waals surface area contributed by atoms with Crippen LogP contribution < -0.4 is 15.2 Å². The highest BCUT2D eigenvalue weighted by Gasteiger charge is 2.19. The van der Waals surface area contributed by atoms with Gasteiger partial charge in [-0.05, 0) is 30.2 Å². The van der Waals surface area contributed by atoms with Crippen molar-refractivity contribution in [3.8, 4) is 11.5 Å². The van der Waals surface area contributed by atoms with Gasteiger partial charge in [0.05, 0.1) is 30.5 Å². The number of hydrogen-bond acceptors (Lipinski definition) is 4. The molecule has 0 aliphatic rings. The number of carbonyl (C=O) groups is 1. The number of nitrogens with zero attached hydrogens (tertiary/aromatic N) is 1. The predicted molar refractivity (Wildman–Crippen MR) is 95.9 cm³/mol. The number of nitrogen functional groups attached to an aromatic ring is 1. The molecular formula is C18H21ClN2O3. The topological polar surface area (TPSA) is 64.8 Å². The van der Waals surface area contributed by atoms with Gasteiger partial charge in [0, 0.05) is 19.7 Å². The second kappa shape index (κ2) is 7.45. The predicted octanol–water partition coefficient (Wildman–Crippen LogP) is 3.52. The van der Waals surface area contributed by atoms with Gasteiger partial charge in [0.1, 0.15) is 11.5 Å². The van der Waals surface area contributed by atoms with Crippen LogP contribution in [0.15, 0.2) is 30.3 Å². The van der Waals surface area contributed by atoms with Gasteiger partial charge < -0.3 is 20.1 Å². The first-order valence-corrected chi connectivity index (χ1v) is 7.77. The summed E-state index contributed by atoms with van der Waals surface area (Å²) in [7, 11) is 4.85. The zero-order valence-electron chi connectivity index (χ0n) is 14.2. The van der Waals surface area contributed by atoms with Crippen molar-refractivity contribution in [3.05, 3.63) is 52.0 Å². The summed E-state index contributed by atoms with van der Waals surface area (Å²) in [6, 6.07) is 8.91. The number of rotatable bonds is 5. The van der Waals surface area contributed by atoms with E-state index in [-0.39, 0.29) is 5.91 Å². The highest BCUT2D eigenvalue weighted by Crippen LogP contribution is 2.30. The molecule has 5 nitrogen and oxygen atoms in total. The molecule has 0 atom stereocenters. The zero-order chi connectivity index (χ0) is 17.9. The monoisotopic (exact) mass is 348 g/mol. The van der Waals surface area contributed by atoms with Gasteiger partial charge >= 0.3 is 0 Å². The van der Waals surface area contributed by atoms with Crippen LogP contribution in [0.5, 0.6) is 11.5 Å². The van der Waals surface area contributed by atoms with E-state index in [0.717, 1.165) is 16.9 Å². The van der Waals surface area contributed by atoms with Crippen molar-refractivity contribution in [2.24, 2.45) is 0 Å². The molecule has 0 bridgehead atoms. The number of amides is 1. The number of anilines is 1. The molecule has 0 heterocycles. The molecule has 0 unspecified atom stereocenters. The minimum absolute atomic E-state index is 0.192. The second-order valence-corrected chi connectivity index (χ2v) is 5.95. The Morgan fingerprint density at radius 2 is 1.83 bits per heavy atom. The third-order valence-electron chi connectivity index (χ3n) is 3.77. The number of hydrogen-bond donors (Lipinski definition) is 1. The number of nitrogens with two attached hydrogens (primary N) is 1. The van der Waals surface area contributed by atoms with Crippen LogP contribution in [0.2, 0.25) is 5.02 Å². The van der Waals surface area contributed by atoms with E-state index in [1.165, 1.54) is 13.2 Å². The maximum atomic E-state index is 12.7. The number of carbonyl (C=O) groups excluding carboxylic acids is 1. The molecule has 0 saturated carbocycles. The lowest BCUT2D eigenvalue weighted by molar-refractivity contribution is 0.0781. The molecule has 24 heavy (non-hydrogen) atoms. The number of halogens is 1. The Morgan fingerprint density at radius 3 is 2.42 bits per heavy atom. The number of methoxy groups -OCH3 is 2. The molecule has 128 valence electrons. The van der Waals surface area contributed by atoms with Gasteiger partial charge in [-0.3, -0.25) is 4.79 Å². The fourth-order valence-electron chi connectivity index (χ4n) is 2.50. The molecular weight excluding hydrogens is 328 g/mol. The molecule has 0 saturated heterocycles. The second-order valence-electron chi connectivity index (χ2n) is 5.54. The zero-order valence-corrected chi connectivity index (χ0v) is 15.0. The Balaban J connectivity index is 2.24. The molecule has 2 N–H and O–H groups in total. The van der Waals surface area contributed by atoms with E-state index < -0.39 is 0 Å². The average molecular weight is 349 g/mol. The normalized spacial score (nSPS) is 10.4. The summed E-state index contributed by atoms with van der Waals surface area (Å²) in [5, 5.41) is 0.327. The lowest BCUT2D eigenvalue weighted by atomic mass is 10.1. The molecule has 2 aromatic carbocycles. The van der Waals surface area contributed by atoms with E-state index in [2.05, 4.69) is 0 Å². The van der Waals surface area contributed by atoms with Gasteiger partial charge in [-0.15, -0.1) is 0 Å². The van der Waals surface area contributed by atoms with E-state index in [9.17, 15) is 4.79 Å². The largest absolute Gasteiger partial charge is 0.496 e. The van der Waals surface area contributed by atoms with Gasteiger partial charge in [-0.2, -0.15) is 0 Å². The summed E-state index contributed by atoms with van der Waals surface area (Å²) in [6.45, 7) is 2.42. The molecule has 0 aliphatic heterocycles. The fourth-order valence-corrected chi connectivity index (χ4v) is 2.66. The lowest BCUT2D eigenvalue weighted by Crippen LogP contribution is -2.26. The SMILES string of the molecule is COc1ccc(CN(C)C(=O)c2cc(Cl)c(N)cc2OC)cc1C. The van der Waals surface area contributed by atoms with E-state index >= 15 is 0 Å². The molecule has 0 spiro atoms. The van der Waals surface area contributed by atoms with Gasteiger partial charge in [0.25, 0.3) is 5.91 Å². The summed E-state index contributed by atoms with van der Waals surface area (Å²) in [6.07, 6.45) is 0. The molecule has 2 rings (SSSR count). The van der Waals surface area contributed by atoms with Crippen molar-refractivity contribution < 1.29 is 14.3 Å². The first-order valence-electron chi connectivity index (χ1n) is 7.39. The van der Waals surface area contributed by atoms with E-state index in [4.69, 9.17) is 26.8 Å². The summed E-state index contributed by atoms with van der Waals surface area (Å²) in [5.41, 5.74) is 8.53. The quantitative estimate of drug-likeness (QED) is 0.840. The van der Waals surface area contributed by atoms with E-state index in [1.807, 2.05) is 25.1 Å². The van der Waals surface area contributed by atoms with Crippen LogP contribution >= 0.6 is 11.6 Å². The highest BCUT2D eigenvalue weighted by atomic mass is 35.5. The molecule has 1 amide bonds. The Labute approximate surface area is 146 Å². The summed E-state index contributed by atoms with van der Waals surface area (Å²) in [5.74, 6) is 1.03. The number of aryl methyl sites for hydroxylation is 1. The highest BCUT2D eigenvalue weighted by molar-refractivity contribution is 6.33. The molecule has 0 fully saturated rings. The van der Waals surface area contributed by atoms with Crippen LogP contribution in [0.3, 0.4) is 0 Å². The molecule has 0 aromatic heterocycles. The van der Waals surface area contributed by atoms with Gasteiger partial charge in [0.15, 0.2) is 0 Å². The molecule has 0 aliphatic carbocycles. The van der Waals surface area contributed by atoms with Crippen LogP contribution in [-0.2, 0) is 6.54 Å². The van der Waals surface area contributed by atoms with Gasteiger partial charge in [-0.1, -0.05) is 23.7 Å². The van der Waals surface area contributed by atoms with Crippen molar-refractivity contribution in [2.45, 2.75) is 13.5 Å². The Kier molecular flexibility index (Phi) is 5.57. The fraction of sp³-hybridized carbons (Fsp3) is 0.278. The Bertz CT molecular complexity index is 762. The average Bonchev–Trinajstić information content (AvgIpc) is 2.56. The lowest BCUT2D eigenvalue weighted by Gasteiger charge is -2.20.